The minimum atomic E-state index is -0.533. The highest BCUT2D eigenvalue weighted by atomic mass is 32.1. The highest BCUT2D eigenvalue weighted by Crippen LogP contribution is 2.33. The number of aliphatic hydroxyl groups is 1. The van der Waals surface area contributed by atoms with Crippen LogP contribution in [0.15, 0.2) is 48.5 Å². The van der Waals surface area contributed by atoms with Crippen LogP contribution in [-0.4, -0.2) is 47.3 Å². The largest absolute Gasteiger partial charge is 0.491 e. The summed E-state index contributed by atoms with van der Waals surface area (Å²) >= 11 is 1.81. The Morgan fingerprint density at radius 2 is 1.93 bits per heavy atom. The third kappa shape index (κ3) is 4.50. The Labute approximate surface area is 168 Å². The summed E-state index contributed by atoms with van der Waals surface area (Å²) in [6.45, 7) is 2.80. The number of ether oxygens (including phenoxy) is 1. The molecular formula is C22H23N3O2S. The number of hydrogen-bond donors (Lipinski definition) is 1. The van der Waals surface area contributed by atoms with Gasteiger partial charge in [-0.1, -0.05) is 12.1 Å². The van der Waals surface area contributed by atoms with Gasteiger partial charge < -0.3 is 14.7 Å². The van der Waals surface area contributed by atoms with Gasteiger partial charge in [0.05, 0.1) is 26.9 Å². The van der Waals surface area contributed by atoms with E-state index in [0.717, 1.165) is 31.4 Å². The van der Waals surface area contributed by atoms with Gasteiger partial charge in [0, 0.05) is 12.5 Å². The number of rotatable bonds is 6. The minimum absolute atomic E-state index is 0.254. The van der Waals surface area contributed by atoms with Gasteiger partial charge in [0.15, 0.2) is 0 Å². The second kappa shape index (κ2) is 8.70. The van der Waals surface area contributed by atoms with Crippen LogP contribution in [0.25, 0.3) is 10.2 Å². The summed E-state index contributed by atoms with van der Waals surface area (Å²) in [5.74, 6) is 1.19. The van der Waals surface area contributed by atoms with E-state index in [9.17, 15) is 5.11 Å². The number of hydrogen-bond acceptors (Lipinski definition) is 6. The van der Waals surface area contributed by atoms with Crippen molar-refractivity contribution >= 4 is 21.6 Å². The summed E-state index contributed by atoms with van der Waals surface area (Å²) in [4.78, 5) is 7.11. The maximum Gasteiger partial charge on any atom is 0.119 e. The van der Waals surface area contributed by atoms with Crippen molar-refractivity contribution in [2.75, 3.05) is 26.2 Å². The Hall–Kier alpha value is -2.46. The molecule has 1 aliphatic rings. The molecule has 0 saturated carbocycles. The van der Waals surface area contributed by atoms with Crippen molar-refractivity contribution in [3.8, 4) is 11.8 Å². The Morgan fingerprint density at radius 1 is 1.18 bits per heavy atom. The molecular weight excluding hydrogens is 370 g/mol. The van der Waals surface area contributed by atoms with Gasteiger partial charge in [0.25, 0.3) is 0 Å². The van der Waals surface area contributed by atoms with Gasteiger partial charge >= 0.3 is 0 Å². The number of aliphatic hydroxyl groups excluding tert-OH is 1. The molecule has 1 N–H and O–H groups in total. The smallest absolute Gasteiger partial charge is 0.119 e. The second-order valence-corrected chi connectivity index (χ2v) is 8.26. The molecule has 2 heterocycles. The Balaban J connectivity index is 1.24. The summed E-state index contributed by atoms with van der Waals surface area (Å²) in [5.41, 5.74) is 1.70. The first-order chi connectivity index (χ1) is 13.7. The van der Waals surface area contributed by atoms with Crippen LogP contribution in [0.1, 0.15) is 29.3 Å². The molecule has 0 amide bonds. The molecule has 144 valence electrons. The van der Waals surface area contributed by atoms with Crippen molar-refractivity contribution in [1.29, 1.82) is 5.26 Å². The highest BCUT2D eigenvalue weighted by Gasteiger charge is 2.24. The molecule has 28 heavy (non-hydrogen) atoms. The lowest BCUT2D eigenvalue weighted by atomic mass is 9.97. The molecule has 1 saturated heterocycles. The predicted molar refractivity (Wildman–Crippen MR) is 111 cm³/mol. The first-order valence-electron chi connectivity index (χ1n) is 9.60. The number of likely N-dealkylation sites (tertiary alicyclic amines) is 1. The molecule has 1 aliphatic heterocycles. The zero-order chi connectivity index (χ0) is 19.3. The van der Waals surface area contributed by atoms with Gasteiger partial charge in [-0.25, -0.2) is 4.98 Å². The quantitative estimate of drug-likeness (QED) is 0.690. The lowest BCUT2D eigenvalue weighted by Crippen LogP contribution is -2.40. The maximum atomic E-state index is 10.3. The van der Waals surface area contributed by atoms with Gasteiger partial charge in [-0.3, -0.25) is 0 Å². The van der Waals surface area contributed by atoms with Crippen molar-refractivity contribution in [2.45, 2.75) is 24.9 Å². The van der Waals surface area contributed by atoms with Gasteiger partial charge in [-0.05, 0) is 62.3 Å². The SMILES string of the molecule is N#Cc1ccc(OC[C@H](O)CN2CCC(c3nc4ccccc4s3)CC2)cc1. The van der Waals surface area contributed by atoms with Crippen LogP contribution in [-0.2, 0) is 0 Å². The van der Waals surface area contributed by atoms with Crippen molar-refractivity contribution in [1.82, 2.24) is 9.88 Å². The number of benzene rings is 2. The molecule has 1 aromatic heterocycles. The first-order valence-corrected chi connectivity index (χ1v) is 10.4. The van der Waals surface area contributed by atoms with Gasteiger partial charge in [-0.15, -0.1) is 11.3 Å². The number of thiazole rings is 1. The van der Waals surface area contributed by atoms with Crippen molar-refractivity contribution < 1.29 is 9.84 Å². The van der Waals surface area contributed by atoms with Gasteiger partial charge in [0.2, 0.25) is 0 Å². The zero-order valence-corrected chi connectivity index (χ0v) is 16.4. The predicted octanol–water partition coefficient (Wildman–Crippen LogP) is 3.79. The highest BCUT2D eigenvalue weighted by molar-refractivity contribution is 7.18. The molecule has 1 atom stereocenters. The summed E-state index contributed by atoms with van der Waals surface area (Å²) in [7, 11) is 0. The topological polar surface area (TPSA) is 69.4 Å². The first kappa shape index (κ1) is 18.9. The molecule has 5 nitrogen and oxygen atoms in total. The molecule has 0 radical (unpaired) electrons. The van der Waals surface area contributed by atoms with Crippen molar-refractivity contribution in [2.24, 2.45) is 0 Å². The normalized spacial score (nSPS) is 16.7. The standard InChI is InChI=1S/C22H23N3O2S/c23-13-16-5-7-19(8-6-16)27-15-18(26)14-25-11-9-17(10-12-25)22-24-20-3-1-2-4-21(20)28-22/h1-8,17-18,26H,9-12,14-15H2/t18-/m1/s1. The molecule has 6 heteroatoms. The van der Waals surface area contributed by atoms with E-state index in [1.807, 2.05) is 17.4 Å². The summed E-state index contributed by atoms with van der Waals surface area (Å²) in [6, 6.07) is 17.3. The number of nitrogens with zero attached hydrogens (tertiary/aromatic N) is 3. The van der Waals surface area contributed by atoms with E-state index < -0.39 is 6.10 Å². The fraction of sp³-hybridized carbons (Fsp3) is 0.364. The van der Waals surface area contributed by atoms with Crippen LogP contribution in [0.5, 0.6) is 5.75 Å². The van der Waals surface area contributed by atoms with Gasteiger partial charge in [0.1, 0.15) is 18.5 Å². The van der Waals surface area contributed by atoms with E-state index >= 15 is 0 Å². The average Bonchev–Trinajstić information content (AvgIpc) is 3.17. The molecule has 1 fully saturated rings. The van der Waals surface area contributed by atoms with E-state index in [4.69, 9.17) is 15.0 Å². The van der Waals surface area contributed by atoms with Crippen LogP contribution in [0, 0.1) is 11.3 Å². The Bertz CT molecular complexity index is 923. The number of piperidine rings is 1. The lowest BCUT2D eigenvalue weighted by Gasteiger charge is -2.32. The minimum Gasteiger partial charge on any atom is -0.491 e. The Kier molecular flexibility index (Phi) is 5.87. The average molecular weight is 394 g/mol. The lowest BCUT2D eigenvalue weighted by molar-refractivity contribution is 0.0594. The van der Waals surface area contributed by atoms with Crippen LogP contribution in [0.3, 0.4) is 0 Å². The molecule has 0 aliphatic carbocycles. The van der Waals surface area contributed by atoms with E-state index in [2.05, 4.69) is 29.2 Å². The Morgan fingerprint density at radius 3 is 2.64 bits per heavy atom. The number of β-amino-alcohol motifs (C(OH)–C–C–N with tert-alkyl or cyclic N) is 1. The van der Waals surface area contributed by atoms with E-state index in [-0.39, 0.29) is 6.61 Å². The second-order valence-electron chi connectivity index (χ2n) is 7.20. The summed E-state index contributed by atoms with van der Waals surface area (Å²) < 4.78 is 6.90. The maximum absolute atomic E-state index is 10.3. The fourth-order valence-corrected chi connectivity index (χ4v) is 4.73. The molecule has 3 aromatic rings. The van der Waals surface area contributed by atoms with Crippen molar-refractivity contribution in [3.63, 3.8) is 0 Å². The number of aromatic nitrogens is 1. The van der Waals surface area contributed by atoms with Gasteiger partial charge in [-0.2, -0.15) is 5.26 Å². The molecule has 4 rings (SSSR count). The molecule has 2 aromatic carbocycles. The summed E-state index contributed by atoms with van der Waals surface area (Å²) in [6.07, 6.45) is 1.61. The molecule has 0 unspecified atom stereocenters. The van der Waals surface area contributed by atoms with Crippen LogP contribution in [0.4, 0.5) is 0 Å². The van der Waals surface area contributed by atoms with E-state index in [1.165, 1.54) is 9.71 Å². The fourth-order valence-electron chi connectivity index (χ4n) is 3.60. The monoisotopic (exact) mass is 393 g/mol. The molecule has 0 spiro atoms. The zero-order valence-electron chi connectivity index (χ0n) is 15.6. The van der Waals surface area contributed by atoms with Crippen molar-refractivity contribution in [3.05, 3.63) is 59.1 Å². The third-order valence-corrected chi connectivity index (χ3v) is 6.34. The van der Waals surface area contributed by atoms with E-state index in [1.54, 1.807) is 24.3 Å². The number of para-hydroxylation sites is 1. The van der Waals surface area contributed by atoms with Crippen LogP contribution < -0.4 is 4.74 Å². The third-order valence-electron chi connectivity index (χ3n) is 5.14. The number of fused-ring (bicyclic) bond motifs is 1. The van der Waals surface area contributed by atoms with E-state index in [0.29, 0.717) is 23.8 Å². The van der Waals surface area contributed by atoms with Crippen LogP contribution in [0.2, 0.25) is 0 Å². The summed E-state index contributed by atoms with van der Waals surface area (Å²) in [5, 5.41) is 20.4. The van der Waals surface area contributed by atoms with Crippen LogP contribution >= 0.6 is 11.3 Å². The number of nitriles is 1. The molecule has 0 bridgehead atoms.